The van der Waals surface area contributed by atoms with Crippen molar-refractivity contribution in [1.29, 1.82) is 0 Å². The van der Waals surface area contributed by atoms with Crippen molar-refractivity contribution in [3.63, 3.8) is 0 Å². The van der Waals surface area contributed by atoms with E-state index in [1.54, 1.807) is 0 Å². The molecule has 94 valence electrons. The van der Waals surface area contributed by atoms with Gasteiger partial charge in [-0.15, -0.1) is 0 Å². The molecule has 1 unspecified atom stereocenters. The van der Waals surface area contributed by atoms with Crippen LogP contribution in [0.5, 0.6) is 0 Å². The smallest absolute Gasteiger partial charge is 0.0632 e. The van der Waals surface area contributed by atoms with Crippen molar-refractivity contribution in [3.05, 3.63) is 0 Å². The predicted molar refractivity (Wildman–Crippen MR) is 66.7 cm³/mol. The summed E-state index contributed by atoms with van der Waals surface area (Å²) in [7, 11) is 0. The van der Waals surface area contributed by atoms with E-state index in [1.807, 2.05) is 0 Å². The SMILES string of the molecule is CC1(CNCC2COCCN2)CCCCC1. The zero-order valence-corrected chi connectivity index (χ0v) is 10.6. The summed E-state index contributed by atoms with van der Waals surface area (Å²) in [6, 6.07) is 0.515. The molecule has 3 heteroatoms. The van der Waals surface area contributed by atoms with Gasteiger partial charge in [0.1, 0.15) is 0 Å². The van der Waals surface area contributed by atoms with Crippen molar-refractivity contribution < 1.29 is 4.74 Å². The van der Waals surface area contributed by atoms with Crippen LogP contribution in [0.25, 0.3) is 0 Å². The van der Waals surface area contributed by atoms with Gasteiger partial charge < -0.3 is 15.4 Å². The molecule has 0 aromatic heterocycles. The minimum Gasteiger partial charge on any atom is -0.378 e. The molecule has 0 bridgehead atoms. The van der Waals surface area contributed by atoms with Gasteiger partial charge in [-0.25, -0.2) is 0 Å². The molecule has 0 amide bonds. The van der Waals surface area contributed by atoms with Gasteiger partial charge in [-0.2, -0.15) is 0 Å². The molecular formula is C13H26N2O. The van der Waals surface area contributed by atoms with Crippen LogP contribution in [0.15, 0.2) is 0 Å². The molecule has 0 aromatic rings. The first kappa shape index (κ1) is 12.3. The molecule has 2 rings (SSSR count). The van der Waals surface area contributed by atoms with E-state index in [0.29, 0.717) is 11.5 Å². The lowest BCUT2D eigenvalue weighted by molar-refractivity contribution is 0.0750. The molecule has 1 aliphatic carbocycles. The summed E-state index contributed by atoms with van der Waals surface area (Å²) in [4.78, 5) is 0. The fraction of sp³-hybridized carbons (Fsp3) is 1.00. The third kappa shape index (κ3) is 3.72. The van der Waals surface area contributed by atoms with Crippen LogP contribution in [0, 0.1) is 5.41 Å². The van der Waals surface area contributed by atoms with Crippen LogP contribution in [0.1, 0.15) is 39.0 Å². The van der Waals surface area contributed by atoms with E-state index in [2.05, 4.69) is 17.6 Å². The lowest BCUT2D eigenvalue weighted by atomic mass is 9.76. The maximum atomic E-state index is 5.45. The van der Waals surface area contributed by atoms with Gasteiger partial charge in [0.05, 0.1) is 13.2 Å². The molecule has 2 aliphatic rings. The quantitative estimate of drug-likeness (QED) is 0.763. The second-order valence-electron chi connectivity index (χ2n) is 5.73. The molecule has 1 heterocycles. The summed E-state index contributed by atoms with van der Waals surface area (Å²) in [6.07, 6.45) is 7.07. The van der Waals surface area contributed by atoms with Crippen LogP contribution < -0.4 is 10.6 Å². The van der Waals surface area contributed by atoms with Crippen molar-refractivity contribution in [3.8, 4) is 0 Å². The average molecular weight is 226 g/mol. The molecule has 0 spiro atoms. The molecule has 16 heavy (non-hydrogen) atoms. The van der Waals surface area contributed by atoms with E-state index in [4.69, 9.17) is 4.74 Å². The number of morpholine rings is 1. The Bertz CT molecular complexity index is 196. The Morgan fingerprint density at radius 1 is 1.31 bits per heavy atom. The summed E-state index contributed by atoms with van der Waals surface area (Å²) >= 11 is 0. The van der Waals surface area contributed by atoms with Crippen molar-refractivity contribution in [2.24, 2.45) is 5.41 Å². The van der Waals surface area contributed by atoms with Crippen molar-refractivity contribution in [2.75, 3.05) is 32.8 Å². The van der Waals surface area contributed by atoms with Crippen LogP contribution in [0.3, 0.4) is 0 Å². The second-order valence-corrected chi connectivity index (χ2v) is 5.73. The van der Waals surface area contributed by atoms with Crippen molar-refractivity contribution >= 4 is 0 Å². The van der Waals surface area contributed by atoms with Gasteiger partial charge in [-0.1, -0.05) is 26.2 Å². The minimum atomic E-state index is 0.515. The molecule has 3 nitrogen and oxygen atoms in total. The minimum absolute atomic E-state index is 0.515. The maximum absolute atomic E-state index is 5.45. The summed E-state index contributed by atoms with van der Waals surface area (Å²) in [5, 5.41) is 7.10. The Morgan fingerprint density at radius 3 is 2.81 bits per heavy atom. The topological polar surface area (TPSA) is 33.3 Å². The Kier molecular flexibility index (Phi) is 4.62. The third-order valence-electron chi connectivity index (χ3n) is 4.00. The van der Waals surface area contributed by atoms with Gasteiger partial charge in [0.15, 0.2) is 0 Å². The lowest BCUT2D eigenvalue weighted by Gasteiger charge is -2.34. The number of ether oxygens (including phenoxy) is 1. The average Bonchev–Trinajstić information content (AvgIpc) is 2.31. The molecule has 2 N–H and O–H groups in total. The van der Waals surface area contributed by atoms with Crippen molar-refractivity contribution in [1.82, 2.24) is 10.6 Å². The highest BCUT2D eigenvalue weighted by atomic mass is 16.5. The van der Waals surface area contributed by atoms with Crippen LogP contribution in [-0.4, -0.2) is 38.9 Å². The molecule has 2 fully saturated rings. The normalized spacial score (nSPS) is 30.2. The standard InChI is InChI=1S/C13H26N2O/c1-13(5-3-2-4-6-13)11-14-9-12-10-16-8-7-15-12/h12,14-15H,2-11H2,1H3. The van der Waals surface area contributed by atoms with E-state index >= 15 is 0 Å². The number of rotatable bonds is 4. The number of nitrogens with one attached hydrogen (secondary N) is 2. The van der Waals surface area contributed by atoms with Crippen LogP contribution in [0.4, 0.5) is 0 Å². The Labute approximate surface area is 99.3 Å². The fourth-order valence-corrected chi connectivity index (χ4v) is 2.88. The molecule has 1 saturated heterocycles. The monoisotopic (exact) mass is 226 g/mol. The van der Waals surface area contributed by atoms with Crippen LogP contribution >= 0.6 is 0 Å². The first-order valence-corrected chi connectivity index (χ1v) is 6.80. The third-order valence-corrected chi connectivity index (χ3v) is 4.00. The Balaban J connectivity index is 1.62. The van der Waals surface area contributed by atoms with Gasteiger partial charge in [0.2, 0.25) is 0 Å². The highest BCUT2D eigenvalue weighted by Gasteiger charge is 2.26. The fourth-order valence-electron chi connectivity index (χ4n) is 2.88. The Hall–Kier alpha value is -0.120. The van der Waals surface area contributed by atoms with Crippen molar-refractivity contribution in [2.45, 2.75) is 45.1 Å². The largest absolute Gasteiger partial charge is 0.378 e. The van der Waals surface area contributed by atoms with E-state index < -0.39 is 0 Å². The molecule has 0 aromatic carbocycles. The summed E-state index contributed by atoms with van der Waals surface area (Å²) in [5.41, 5.74) is 0.549. The van der Waals surface area contributed by atoms with Gasteiger partial charge in [0, 0.05) is 25.7 Å². The van der Waals surface area contributed by atoms with Gasteiger partial charge in [-0.05, 0) is 18.3 Å². The van der Waals surface area contributed by atoms with Crippen LogP contribution in [0.2, 0.25) is 0 Å². The van der Waals surface area contributed by atoms with E-state index in [-0.39, 0.29) is 0 Å². The molecular weight excluding hydrogens is 200 g/mol. The molecule has 0 radical (unpaired) electrons. The summed E-state index contributed by atoms with van der Waals surface area (Å²) in [6.45, 7) is 7.40. The zero-order chi connectivity index (χ0) is 11.3. The van der Waals surface area contributed by atoms with E-state index in [0.717, 1.165) is 26.3 Å². The molecule has 1 saturated carbocycles. The number of hydrogen-bond donors (Lipinski definition) is 2. The second kappa shape index (κ2) is 5.99. The van der Waals surface area contributed by atoms with Gasteiger partial charge in [-0.3, -0.25) is 0 Å². The predicted octanol–water partition coefficient (Wildman–Crippen LogP) is 1.53. The van der Waals surface area contributed by atoms with E-state index in [1.165, 1.54) is 38.6 Å². The van der Waals surface area contributed by atoms with Crippen LogP contribution in [-0.2, 0) is 4.74 Å². The van der Waals surface area contributed by atoms with Gasteiger partial charge >= 0.3 is 0 Å². The molecule has 1 aliphatic heterocycles. The zero-order valence-electron chi connectivity index (χ0n) is 10.6. The first-order chi connectivity index (χ1) is 7.79. The highest BCUT2D eigenvalue weighted by molar-refractivity contribution is 4.82. The summed E-state index contributed by atoms with van der Waals surface area (Å²) in [5.74, 6) is 0. The van der Waals surface area contributed by atoms with E-state index in [9.17, 15) is 0 Å². The van der Waals surface area contributed by atoms with Gasteiger partial charge in [0.25, 0.3) is 0 Å². The molecule has 1 atom stereocenters. The first-order valence-electron chi connectivity index (χ1n) is 6.80. The maximum Gasteiger partial charge on any atom is 0.0632 e. The lowest BCUT2D eigenvalue weighted by Crippen LogP contribution is -2.48. The summed E-state index contributed by atoms with van der Waals surface area (Å²) < 4.78 is 5.45. The number of hydrogen-bond acceptors (Lipinski definition) is 3. The highest BCUT2D eigenvalue weighted by Crippen LogP contribution is 2.34. The Morgan fingerprint density at radius 2 is 2.12 bits per heavy atom.